The Bertz CT molecular complexity index is 1030. The second-order valence-corrected chi connectivity index (χ2v) is 8.51. The molecule has 1 saturated heterocycles. The molecule has 0 spiro atoms. The number of carbonyl (C=O) groups excluding carboxylic acids is 1. The SMILES string of the molecule is CCOC(=O)C1(NCc2ccc(F)cc2)CCN(c2ncc3ccsc3n2)CC1C. The first-order valence-corrected chi connectivity index (χ1v) is 11.0. The molecule has 0 amide bonds. The van der Waals surface area contributed by atoms with Gasteiger partial charge in [-0.1, -0.05) is 19.1 Å². The molecule has 1 aromatic carbocycles. The van der Waals surface area contributed by atoms with E-state index in [9.17, 15) is 9.18 Å². The molecule has 30 heavy (non-hydrogen) atoms. The highest BCUT2D eigenvalue weighted by atomic mass is 32.1. The monoisotopic (exact) mass is 428 g/mol. The van der Waals surface area contributed by atoms with E-state index in [1.54, 1.807) is 23.5 Å². The van der Waals surface area contributed by atoms with E-state index in [4.69, 9.17) is 4.74 Å². The van der Waals surface area contributed by atoms with Crippen LogP contribution in [0, 0.1) is 11.7 Å². The maximum Gasteiger partial charge on any atom is 0.326 e. The van der Waals surface area contributed by atoms with E-state index in [0.717, 1.165) is 15.8 Å². The number of hydrogen-bond donors (Lipinski definition) is 1. The fraction of sp³-hybridized carbons (Fsp3) is 0.409. The van der Waals surface area contributed by atoms with Gasteiger partial charge in [0.2, 0.25) is 5.95 Å². The smallest absolute Gasteiger partial charge is 0.326 e. The van der Waals surface area contributed by atoms with Crippen LogP contribution < -0.4 is 10.2 Å². The molecule has 0 radical (unpaired) electrons. The predicted octanol–water partition coefficient (Wildman–Crippen LogP) is 3.77. The van der Waals surface area contributed by atoms with Gasteiger partial charge in [-0.2, -0.15) is 0 Å². The second-order valence-electron chi connectivity index (χ2n) is 7.62. The maximum absolute atomic E-state index is 13.2. The Balaban J connectivity index is 1.53. The number of carbonyl (C=O) groups is 1. The van der Waals surface area contributed by atoms with Crippen LogP contribution in [-0.2, 0) is 16.1 Å². The van der Waals surface area contributed by atoms with E-state index >= 15 is 0 Å². The van der Waals surface area contributed by atoms with Crippen LogP contribution in [0.5, 0.6) is 0 Å². The third-order valence-electron chi connectivity index (χ3n) is 5.75. The van der Waals surface area contributed by atoms with Crippen LogP contribution in [0.25, 0.3) is 10.2 Å². The summed E-state index contributed by atoms with van der Waals surface area (Å²) in [5, 5.41) is 6.48. The molecule has 0 aliphatic carbocycles. The Hall–Kier alpha value is -2.58. The molecule has 0 saturated carbocycles. The van der Waals surface area contributed by atoms with Crippen molar-refractivity contribution in [3.05, 3.63) is 53.3 Å². The van der Waals surface area contributed by atoms with E-state index in [0.29, 0.717) is 38.6 Å². The Morgan fingerprint density at radius 3 is 2.90 bits per heavy atom. The normalized spacial score (nSPS) is 21.7. The van der Waals surface area contributed by atoms with E-state index in [1.807, 2.05) is 31.5 Å². The summed E-state index contributed by atoms with van der Waals surface area (Å²) in [6.07, 6.45) is 2.42. The number of halogens is 1. The molecule has 1 aliphatic rings. The number of esters is 1. The fourth-order valence-corrected chi connectivity index (χ4v) is 4.71. The van der Waals surface area contributed by atoms with Crippen molar-refractivity contribution in [3.63, 3.8) is 0 Å². The molecule has 3 aromatic rings. The van der Waals surface area contributed by atoms with Gasteiger partial charge in [0.15, 0.2) is 0 Å². The molecule has 158 valence electrons. The summed E-state index contributed by atoms with van der Waals surface area (Å²) in [5.74, 6) is 0.137. The highest BCUT2D eigenvalue weighted by Crippen LogP contribution is 2.32. The van der Waals surface area contributed by atoms with Crippen LogP contribution in [-0.4, -0.2) is 41.2 Å². The number of hydrogen-bond acceptors (Lipinski definition) is 7. The number of benzene rings is 1. The summed E-state index contributed by atoms with van der Waals surface area (Å²) in [5.41, 5.74) is 0.106. The number of rotatable bonds is 6. The number of nitrogens with one attached hydrogen (secondary N) is 1. The second kappa shape index (κ2) is 8.65. The average molecular weight is 429 g/mol. The highest BCUT2D eigenvalue weighted by Gasteiger charge is 2.48. The van der Waals surface area contributed by atoms with Crippen molar-refractivity contribution < 1.29 is 13.9 Å². The van der Waals surface area contributed by atoms with Gasteiger partial charge in [-0.25, -0.2) is 14.4 Å². The van der Waals surface area contributed by atoms with Crippen LogP contribution in [0.2, 0.25) is 0 Å². The Kier molecular flexibility index (Phi) is 5.97. The largest absolute Gasteiger partial charge is 0.465 e. The number of fused-ring (bicyclic) bond motifs is 1. The van der Waals surface area contributed by atoms with Crippen molar-refractivity contribution in [3.8, 4) is 0 Å². The highest BCUT2D eigenvalue weighted by molar-refractivity contribution is 7.16. The van der Waals surface area contributed by atoms with Crippen molar-refractivity contribution in [2.75, 3.05) is 24.6 Å². The van der Waals surface area contributed by atoms with Crippen LogP contribution in [0.15, 0.2) is 41.9 Å². The van der Waals surface area contributed by atoms with Gasteiger partial charge in [-0.05, 0) is 42.5 Å². The van der Waals surface area contributed by atoms with Gasteiger partial charge < -0.3 is 9.64 Å². The first kappa shape index (κ1) is 20.7. The molecule has 1 N–H and O–H groups in total. The zero-order valence-electron chi connectivity index (χ0n) is 17.1. The number of anilines is 1. The molecule has 3 heterocycles. The summed E-state index contributed by atoms with van der Waals surface area (Å²) >= 11 is 1.59. The van der Waals surface area contributed by atoms with E-state index in [1.165, 1.54) is 12.1 Å². The summed E-state index contributed by atoms with van der Waals surface area (Å²) in [4.78, 5) is 25.3. The Morgan fingerprint density at radius 1 is 1.37 bits per heavy atom. The Morgan fingerprint density at radius 2 is 2.17 bits per heavy atom. The molecule has 0 bridgehead atoms. The summed E-state index contributed by atoms with van der Waals surface area (Å²) in [6, 6.07) is 8.32. The molecule has 2 unspecified atom stereocenters. The molecule has 1 aliphatic heterocycles. The molecule has 2 aromatic heterocycles. The number of nitrogens with zero attached hydrogens (tertiary/aromatic N) is 3. The number of piperidine rings is 1. The quantitative estimate of drug-likeness (QED) is 0.603. The van der Waals surface area contributed by atoms with Crippen molar-refractivity contribution in [2.24, 2.45) is 5.92 Å². The van der Waals surface area contributed by atoms with Crippen molar-refractivity contribution in [2.45, 2.75) is 32.4 Å². The zero-order valence-corrected chi connectivity index (χ0v) is 17.9. The van der Waals surface area contributed by atoms with Gasteiger partial charge in [0.25, 0.3) is 0 Å². The van der Waals surface area contributed by atoms with E-state index in [-0.39, 0.29) is 17.7 Å². The lowest BCUT2D eigenvalue weighted by molar-refractivity contribution is -0.154. The summed E-state index contributed by atoms with van der Waals surface area (Å²) in [7, 11) is 0. The van der Waals surface area contributed by atoms with Gasteiger partial charge >= 0.3 is 5.97 Å². The average Bonchev–Trinajstić information content (AvgIpc) is 3.22. The molecular formula is C22H25FN4O2S. The fourth-order valence-electron chi connectivity index (χ4n) is 3.98. The predicted molar refractivity (Wildman–Crippen MR) is 116 cm³/mol. The van der Waals surface area contributed by atoms with Gasteiger partial charge in [0.05, 0.1) is 6.61 Å². The zero-order chi connectivity index (χ0) is 21.1. The standard InChI is InChI=1S/C22H25FN4O2S/c1-3-29-20(28)22(25-12-16-4-6-18(23)7-5-16)9-10-27(14-15(22)2)21-24-13-17-8-11-30-19(17)26-21/h4-8,11,13,15,25H,3,9-10,12,14H2,1-2H3. The molecule has 2 atom stereocenters. The van der Waals surface area contributed by atoms with Gasteiger partial charge in [0, 0.05) is 37.1 Å². The molecule has 6 nitrogen and oxygen atoms in total. The van der Waals surface area contributed by atoms with Crippen molar-refractivity contribution in [1.82, 2.24) is 15.3 Å². The van der Waals surface area contributed by atoms with Gasteiger partial charge in [-0.15, -0.1) is 11.3 Å². The third kappa shape index (κ3) is 4.02. The number of aromatic nitrogens is 2. The lowest BCUT2D eigenvalue weighted by Gasteiger charge is -2.45. The first-order valence-electron chi connectivity index (χ1n) is 10.1. The van der Waals surface area contributed by atoms with Crippen LogP contribution in [0.4, 0.5) is 10.3 Å². The summed E-state index contributed by atoms with van der Waals surface area (Å²) in [6.45, 7) is 5.91. The number of ether oxygens (including phenoxy) is 1. The van der Waals surface area contributed by atoms with Gasteiger partial charge in [-0.3, -0.25) is 10.1 Å². The molecule has 4 rings (SSSR count). The molecule has 1 fully saturated rings. The maximum atomic E-state index is 13.2. The summed E-state index contributed by atoms with van der Waals surface area (Å²) < 4.78 is 18.7. The minimum absolute atomic E-state index is 0.0339. The van der Waals surface area contributed by atoms with Crippen LogP contribution in [0.1, 0.15) is 25.8 Å². The van der Waals surface area contributed by atoms with Crippen LogP contribution in [0.3, 0.4) is 0 Å². The lowest BCUT2D eigenvalue weighted by atomic mass is 9.78. The lowest BCUT2D eigenvalue weighted by Crippen LogP contribution is -2.64. The van der Waals surface area contributed by atoms with Crippen molar-refractivity contribution >= 4 is 33.5 Å². The topological polar surface area (TPSA) is 67.3 Å². The first-order chi connectivity index (χ1) is 14.5. The molecule has 8 heteroatoms. The minimum atomic E-state index is -0.812. The molecular weight excluding hydrogens is 403 g/mol. The Labute approximate surface area is 179 Å². The number of thiophene rings is 1. The van der Waals surface area contributed by atoms with Gasteiger partial charge in [0.1, 0.15) is 16.2 Å². The van der Waals surface area contributed by atoms with E-state index in [2.05, 4.69) is 20.2 Å². The van der Waals surface area contributed by atoms with Crippen LogP contribution >= 0.6 is 11.3 Å². The van der Waals surface area contributed by atoms with Crippen molar-refractivity contribution in [1.29, 1.82) is 0 Å². The minimum Gasteiger partial charge on any atom is -0.465 e. The van der Waals surface area contributed by atoms with E-state index < -0.39 is 5.54 Å². The third-order valence-corrected chi connectivity index (χ3v) is 6.57.